The molecule has 0 saturated heterocycles. The van der Waals surface area contributed by atoms with Crippen LogP contribution in [-0.4, -0.2) is 116 Å². The number of aliphatic hydroxyl groups is 3. The van der Waals surface area contributed by atoms with E-state index in [0.717, 1.165) is 42.4 Å². The number of carbonyl (C=O) groups excluding carboxylic acids is 1. The Morgan fingerprint density at radius 3 is 2.44 bits per heavy atom. The van der Waals surface area contributed by atoms with Gasteiger partial charge < -0.3 is 48.6 Å². The number of hydrogen-bond donors (Lipinski definition) is 3. The molecule has 0 aromatic heterocycles. The van der Waals surface area contributed by atoms with Crippen molar-refractivity contribution in [3.05, 3.63) is 96.6 Å². The second-order valence-corrected chi connectivity index (χ2v) is 15.0. The summed E-state index contributed by atoms with van der Waals surface area (Å²) >= 11 is 0. The number of aliphatic hydroxyl groups excluding tert-OH is 3. The SMILES string of the molecule is C=CCOc1ccc2c(c1)[C@H]1[C@H](CCCCO)[C@@H](CCCCO)C=C3C(=NOCC)C[C@H](N(CCOCCO)C(=O)OCCOCc4ccccc4)[C@@](OCC=C)(O2)[C@H]31. The van der Waals surface area contributed by atoms with Crippen molar-refractivity contribution in [2.75, 3.05) is 72.6 Å². The van der Waals surface area contributed by atoms with E-state index in [-0.39, 0.29) is 83.6 Å². The highest BCUT2D eigenvalue weighted by Crippen LogP contribution is 2.62. The monoisotopic (exact) mass is 820 g/mol. The van der Waals surface area contributed by atoms with E-state index in [4.69, 9.17) is 38.4 Å². The molecule has 0 radical (unpaired) electrons. The Hall–Kier alpha value is -4.24. The zero-order valence-electron chi connectivity index (χ0n) is 34.6. The van der Waals surface area contributed by atoms with Crippen molar-refractivity contribution >= 4 is 11.8 Å². The number of hydrogen-bond acceptors (Lipinski definition) is 12. The van der Waals surface area contributed by atoms with E-state index in [1.807, 2.05) is 55.5 Å². The predicted molar refractivity (Wildman–Crippen MR) is 224 cm³/mol. The number of unbranched alkanes of at least 4 members (excludes halogenated alkanes) is 2. The molecule has 2 aromatic carbocycles. The fourth-order valence-corrected chi connectivity index (χ4v) is 8.77. The minimum Gasteiger partial charge on any atom is -0.490 e. The van der Waals surface area contributed by atoms with Gasteiger partial charge in [-0.1, -0.05) is 73.1 Å². The first-order chi connectivity index (χ1) is 29.0. The Labute approximate surface area is 349 Å². The van der Waals surface area contributed by atoms with Gasteiger partial charge in [-0.2, -0.15) is 0 Å². The van der Waals surface area contributed by atoms with Crippen LogP contribution in [0.5, 0.6) is 11.5 Å². The molecule has 5 rings (SSSR count). The van der Waals surface area contributed by atoms with E-state index in [1.54, 1.807) is 17.1 Å². The summed E-state index contributed by atoms with van der Waals surface area (Å²) in [6.07, 6.45) is 9.87. The summed E-state index contributed by atoms with van der Waals surface area (Å²) in [4.78, 5) is 21.9. The van der Waals surface area contributed by atoms with Gasteiger partial charge in [0.2, 0.25) is 5.79 Å². The number of carbonyl (C=O) groups is 1. The molecule has 2 aromatic rings. The van der Waals surface area contributed by atoms with E-state index < -0.39 is 23.8 Å². The van der Waals surface area contributed by atoms with Crippen LogP contribution in [0.15, 0.2) is 90.6 Å². The lowest BCUT2D eigenvalue weighted by Crippen LogP contribution is -2.70. The van der Waals surface area contributed by atoms with Gasteiger partial charge in [0.15, 0.2) is 0 Å². The molecule has 6 atom stereocenters. The first-order valence-corrected chi connectivity index (χ1v) is 21.1. The van der Waals surface area contributed by atoms with Gasteiger partial charge >= 0.3 is 6.09 Å². The highest BCUT2D eigenvalue weighted by atomic mass is 16.7. The molecule has 0 bridgehead atoms. The van der Waals surface area contributed by atoms with Crippen molar-refractivity contribution in [1.29, 1.82) is 0 Å². The predicted octanol–water partition coefficient (Wildman–Crippen LogP) is 6.57. The van der Waals surface area contributed by atoms with Crippen LogP contribution in [0.1, 0.15) is 68.9 Å². The van der Waals surface area contributed by atoms with Crippen molar-refractivity contribution in [3.63, 3.8) is 0 Å². The fraction of sp³-hybridized carbons (Fsp3) is 0.565. The quantitative estimate of drug-likeness (QED) is 0.0509. The molecule has 1 saturated carbocycles. The zero-order valence-corrected chi connectivity index (χ0v) is 34.6. The summed E-state index contributed by atoms with van der Waals surface area (Å²) in [6.45, 7) is 11.4. The summed E-state index contributed by atoms with van der Waals surface area (Å²) < 4.78 is 37.9. The summed E-state index contributed by atoms with van der Waals surface area (Å²) in [5.41, 5.74) is 3.57. The first kappa shape index (κ1) is 45.8. The molecule has 13 nitrogen and oxygen atoms in total. The third-order valence-electron chi connectivity index (χ3n) is 11.2. The van der Waals surface area contributed by atoms with Crippen molar-refractivity contribution in [2.45, 2.75) is 76.2 Å². The molecule has 3 aliphatic rings. The number of allylic oxidation sites excluding steroid dienone is 1. The third-order valence-corrected chi connectivity index (χ3v) is 11.2. The van der Waals surface area contributed by atoms with Crippen LogP contribution in [-0.2, 0) is 30.4 Å². The van der Waals surface area contributed by atoms with E-state index in [0.29, 0.717) is 49.9 Å². The minimum absolute atomic E-state index is 0.00360. The lowest BCUT2D eigenvalue weighted by atomic mass is 9.55. The van der Waals surface area contributed by atoms with E-state index >= 15 is 0 Å². The number of fused-ring (bicyclic) bond motifs is 2. The number of amides is 1. The van der Waals surface area contributed by atoms with Gasteiger partial charge in [0.05, 0.1) is 51.3 Å². The molecule has 59 heavy (non-hydrogen) atoms. The smallest absolute Gasteiger partial charge is 0.410 e. The average molecular weight is 821 g/mol. The molecule has 0 unspecified atom stereocenters. The van der Waals surface area contributed by atoms with Crippen LogP contribution in [0, 0.1) is 17.8 Å². The molecule has 2 aliphatic carbocycles. The first-order valence-electron chi connectivity index (χ1n) is 21.1. The highest BCUT2D eigenvalue weighted by molar-refractivity contribution is 6.03. The molecule has 1 heterocycles. The Morgan fingerprint density at radius 2 is 1.71 bits per heavy atom. The molecule has 3 N–H and O–H groups in total. The molecule has 1 amide bonds. The molecule has 0 spiro atoms. The molecule has 1 aliphatic heterocycles. The van der Waals surface area contributed by atoms with Crippen molar-refractivity contribution in [1.82, 2.24) is 4.90 Å². The zero-order chi connectivity index (χ0) is 41.9. The number of ether oxygens (including phenoxy) is 6. The van der Waals surface area contributed by atoms with Crippen LogP contribution in [0.4, 0.5) is 4.79 Å². The largest absolute Gasteiger partial charge is 0.490 e. The Kier molecular flexibility index (Phi) is 18.7. The van der Waals surface area contributed by atoms with Crippen LogP contribution in [0.2, 0.25) is 0 Å². The Morgan fingerprint density at radius 1 is 0.932 bits per heavy atom. The average Bonchev–Trinajstić information content (AvgIpc) is 3.25. The van der Waals surface area contributed by atoms with E-state index in [9.17, 15) is 20.1 Å². The van der Waals surface area contributed by atoms with Crippen LogP contribution >= 0.6 is 0 Å². The van der Waals surface area contributed by atoms with Gasteiger partial charge in [-0.05, 0) is 73.8 Å². The maximum atomic E-state index is 14.5. The number of oxime groups is 1. The van der Waals surface area contributed by atoms with Crippen molar-refractivity contribution in [3.8, 4) is 11.5 Å². The van der Waals surface area contributed by atoms with Gasteiger partial charge in [0.1, 0.15) is 37.4 Å². The number of rotatable bonds is 27. The number of benzene rings is 2. The van der Waals surface area contributed by atoms with Crippen molar-refractivity contribution in [2.24, 2.45) is 22.9 Å². The van der Waals surface area contributed by atoms with Crippen LogP contribution < -0.4 is 9.47 Å². The molecule has 324 valence electrons. The lowest BCUT2D eigenvalue weighted by Gasteiger charge is -2.59. The van der Waals surface area contributed by atoms with Gasteiger partial charge in [-0.3, -0.25) is 4.90 Å². The summed E-state index contributed by atoms with van der Waals surface area (Å²) in [7, 11) is 0. The lowest BCUT2D eigenvalue weighted by molar-refractivity contribution is -0.256. The van der Waals surface area contributed by atoms with Gasteiger partial charge in [-0.25, -0.2) is 4.79 Å². The van der Waals surface area contributed by atoms with Crippen LogP contribution in [0.25, 0.3) is 0 Å². The minimum atomic E-state index is -1.46. The Balaban J connectivity index is 1.64. The fourth-order valence-electron chi connectivity index (χ4n) is 8.77. The summed E-state index contributed by atoms with van der Waals surface area (Å²) in [5.74, 6) is -0.734. The van der Waals surface area contributed by atoms with Gasteiger partial charge in [0, 0.05) is 37.7 Å². The molecular weight excluding hydrogens is 757 g/mol. The van der Waals surface area contributed by atoms with E-state index in [2.05, 4.69) is 19.2 Å². The second-order valence-electron chi connectivity index (χ2n) is 15.0. The Bertz CT molecular complexity index is 1670. The van der Waals surface area contributed by atoms with Gasteiger partial charge in [0.25, 0.3) is 0 Å². The highest BCUT2D eigenvalue weighted by Gasteiger charge is 2.65. The molecule has 13 heteroatoms. The summed E-state index contributed by atoms with van der Waals surface area (Å²) in [5, 5.41) is 33.9. The molecular formula is C46H64N2O11. The number of nitrogens with zero attached hydrogens (tertiary/aromatic N) is 2. The standard InChI is InChI=1S/C46H64N2O11/c1-4-24-55-36-18-19-41-39(31-36)43-37(17-11-13-22-50)35(16-10-12-21-49)30-38-40(47-58-6-3)32-42(46(59-41,44(38)43)57-25-5-2)48(20-26-53-27-23-51)45(52)56-29-28-54-33-34-14-8-7-9-15-34/h4-5,7-9,14-15,18-19,30-31,35,37,42-44,49-51H,1-2,6,10-13,16-17,20-29,32-33H2,3H3/t35-,37+,42-,43+,44+,46+/m0/s1. The molecule has 1 fully saturated rings. The normalized spacial score (nSPS) is 23.6. The second kappa shape index (κ2) is 24.1. The van der Waals surface area contributed by atoms with Gasteiger partial charge in [-0.15, -0.1) is 6.58 Å². The van der Waals surface area contributed by atoms with Crippen LogP contribution in [0.3, 0.4) is 0 Å². The maximum absolute atomic E-state index is 14.5. The maximum Gasteiger partial charge on any atom is 0.410 e. The van der Waals surface area contributed by atoms with Crippen molar-refractivity contribution < 1.29 is 53.4 Å². The van der Waals surface area contributed by atoms with E-state index in [1.165, 1.54) is 0 Å². The third kappa shape index (κ3) is 11.7. The topological polar surface area (TPSA) is 158 Å². The summed E-state index contributed by atoms with van der Waals surface area (Å²) in [6, 6.07) is 14.8.